The maximum absolute atomic E-state index is 13.2. The minimum Gasteiger partial charge on any atom is -0.340 e. The maximum Gasteiger partial charge on any atom is 0.416 e. The van der Waals surface area contributed by atoms with Crippen LogP contribution in [0.3, 0.4) is 0 Å². The van der Waals surface area contributed by atoms with E-state index in [-0.39, 0.29) is 12.5 Å². The molecule has 1 saturated heterocycles. The van der Waals surface area contributed by atoms with Crippen LogP contribution in [0.2, 0.25) is 0 Å². The van der Waals surface area contributed by atoms with Crippen LogP contribution >= 0.6 is 0 Å². The molecule has 10 nitrogen and oxygen atoms in total. The molecule has 0 N–H and O–H groups in total. The number of nitrogens with zero attached hydrogens (tertiary/aromatic N) is 8. The number of aromatic nitrogens is 6. The van der Waals surface area contributed by atoms with Crippen molar-refractivity contribution in [1.82, 2.24) is 40.1 Å². The number of rotatable bonds is 6. The molecule has 34 heavy (non-hydrogen) atoms. The highest BCUT2D eigenvalue weighted by Gasteiger charge is 2.31. The number of amides is 1. The number of hydrogen-bond donors (Lipinski definition) is 0. The molecule has 1 aromatic carbocycles. The molecule has 180 valence electrons. The second kappa shape index (κ2) is 9.71. The fourth-order valence-corrected chi connectivity index (χ4v) is 3.62. The largest absolute Gasteiger partial charge is 0.416 e. The van der Waals surface area contributed by atoms with E-state index in [1.165, 1.54) is 23.0 Å². The number of carbonyl (C=O) groups is 1. The first-order valence-electron chi connectivity index (χ1n) is 10.6. The Balaban J connectivity index is 1.42. The lowest BCUT2D eigenvalue weighted by molar-refractivity contribution is -0.137. The van der Waals surface area contributed by atoms with Gasteiger partial charge >= 0.3 is 6.18 Å². The van der Waals surface area contributed by atoms with E-state index in [0.29, 0.717) is 61.4 Å². The van der Waals surface area contributed by atoms with E-state index in [4.69, 9.17) is 4.52 Å². The van der Waals surface area contributed by atoms with Gasteiger partial charge in [-0.3, -0.25) is 9.69 Å². The molecule has 0 atom stereocenters. The molecule has 0 unspecified atom stereocenters. The first-order valence-corrected chi connectivity index (χ1v) is 10.6. The number of carbonyl (C=O) groups excluding carboxylic acids is 1. The van der Waals surface area contributed by atoms with Crippen LogP contribution in [0.15, 0.2) is 28.8 Å². The van der Waals surface area contributed by atoms with Crippen molar-refractivity contribution >= 4 is 12.0 Å². The molecular weight excluding hydrogens is 453 g/mol. The SMILES string of the molecule is Cc1nnn(Cc2cc(C(F)(F)F)ccc2/C=C/C(=O)N2CCN(Cc3noc(C)n3)CC2)n1. The Morgan fingerprint density at radius 3 is 2.53 bits per heavy atom. The van der Waals surface area contributed by atoms with Crippen molar-refractivity contribution in [1.29, 1.82) is 0 Å². The van der Waals surface area contributed by atoms with Crippen molar-refractivity contribution in [2.75, 3.05) is 26.2 Å². The fourth-order valence-electron chi connectivity index (χ4n) is 3.62. The molecule has 0 spiro atoms. The molecule has 2 aromatic heterocycles. The first-order chi connectivity index (χ1) is 16.2. The number of tetrazole rings is 1. The summed E-state index contributed by atoms with van der Waals surface area (Å²) in [7, 11) is 0. The maximum atomic E-state index is 13.2. The lowest BCUT2D eigenvalue weighted by Gasteiger charge is -2.33. The number of benzene rings is 1. The van der Waals surface area contributed by atoms with Gasteiger partial charge in [0.1, 0.15) is 0 Å². The van der Waals surface area contributed by atoms with E-state index in [1.807, 2.05) is 0 Å². The molecule has 1 fully saturated rings. The summed E-state index contributed by atoms with van der Waals surface area (Å²) >= 11 is 0. The Hall–Kier alpha value is -3.61. The number of aryl methyl sites for hydroxylation is 2. The molecule has 0 aliphatic carbocycles. The van der Waals surface area contributed by atoms with Crippen LogP contribution in [-0.2, 0) is 24.1 Å². The van der Waals surface area contributed by atoms with E-state index in [2.05, 4.69) is 30.5 Å². The predicted molar refractivity (Wildman–Crippen MR) is 113 cm³/mol. The number of piperazine rings is 1. The standard InChI is InChI=1S/C21H23F3N8O2/c1-14-26-29-32(27-14)12-17-11-18(21(22,23)24)5-3-16(17)4-6-20(33)31-9-7-30(8-10-31)13-19-25-15(2)34-28-19/h3-6,11H,7-10,12-13H2,1-2H3/b6-4+. The van der Waals surface area contributed by atoms with Gasteiger partial charge in [-0.2, -0.15) is 23.0 Å². The topological polar surface area (TPSA) is 106 Å². The van der Waals surface area contributed by atoms with Gasteiger partial charge in [0.05, 0.1) is 18.7 Å². The van der Waals surface area contributed by atoms with Crippen molar-refractivity contribution in [3.63, 3.8) is 0 Å². The highest BCUT2D eigenvalue weighted by atomic mass is 19.4. The van der Waals surface area contributed by atoms with Gasteiger partial charge in [0.25, 0.3) is 0 Å². The summed E-state index contributed by atoms with van der Waals surface area (Å²) in [4.78, 5) is 21.9. The van der Waals surface area contributed by atoms with Crippen LogP contribution in [0, 0.1) is 13.8 Å². The zero-order valence-electron chi connectivity index (χ0n) is 18.7. The van der Waals surface area contributed by atoms with Gasteiger partial charge in [-0.15, -0.1) is 10.2 Å². The van der Waals surface area contributed by atoms with E-state index < -0.39 is 11.7 Å². The fraction of sp³-hybridized carbons (Fsp3) is 0.429. The van der Waals surface area contributed by atoms with E-state index in [0.717, 1.165) is 12.1 Å². The van der Waals surface area contributed by atoms with Crippen molar-refractivity contribution in [3.8, 4) is 0 Å². The zero-order chi connectivity index (χ0) is 24.3. The van der Waals surface area contributed by atoms with Crippen molar-refractivity contribution in [3.05, 3.63) is 58.5 Å². The second-order valence-corrected chi connectivity index (χ2v) is 7.94. The summed E-state index contributed by atoms with van der Waals surface area (Å²) < 4.78 is 44.6. The first kappa shape index (κ1) is 23.5. The van der Waals surface area contributed by atoms with Crippen molar-refractivity contribution in [2.24, 2.45) is 0 Å². The van der Waals surface area contributed by atoms with Crippen LogP contribution in [0.25, 0.3) is 6.08 Å². The molecular formula is C21H23F3N8O2. The van der Waals surface area contributed by atoms with Crippen LogP contribution in [0.1, 0.15) is 34.2 Å². The Morgan fingerprint density at radius 1 is 1.15 bits per heavy atom. The Kier molecular flexibility index (Phi) is 6.72. The third-order valence-corrected chi connectivity index (χ3v) is 5.36. The predicted octanol–water partition coefficient (Wildman–Crippen LogP) is 2.10. The van der Waals surface area contributed by atoms with Gasteiger partial charge in [0, 0.05) is 39.2 Å². The second-order valence-electron chi connectivity index (χ2n) is 7.94. The van der Waals surface area contributed by atoms with Gasteiger partial charge in [-0.25, -0.2) is 0 Å². The summed E-state index contributed by atoms with van der Waals surface area (Å²) in [6.07, 6.45) is -1.58. The van der Waals surface area contributed by atoms with E-state index in [1.54, 1.807) is 18.7 Å². The molecule has 4 rings (SSSR count). The van der Waals surface area contributed by atoms with Crippen LogP contribution in [0.4, 0.5) is 13.2 Å². The molecule has 3 aromatic rings. The summed E-state index contributed by atoms with van der Waals surface area (Å²) in [6, 6.07) is 3.38. The molecule has 3 heterocycles. The number of hydrogen-bond acceptors (Lipinski definition) is 8. The third-order valence-electron chi connectivity index (χ3n) is 5.36. The van der Waals surface area contributed by atoms with Crippen LogP contribution in [0.5, 0.6) is 0 Å². The average Bonchev–Trinajstić information content (AvgIpc) is 3.39. The quantitative estimate of drug-likeness (QED) is 0.498. The number of alkyl halides is 3. The van der Waals surface area contributed by atoms with Gasteiger partial charge in [0.15, 0.2) is 11.6 Å². The summed E-state index contributed by atoms with van der Waals surface area (Å²) in [5.41, 5.74) is 0.0228. The lowest BCUT2D eigenvalue weighted by Crippen LogP contribution is -2.47. The highest BCUT2D eigenvalue weighted by molar-refractivity contribution is 5.92. The summed E-state index contributed by atoms with van der Waals surface area (Å²) in [5, 5.41) is 15.5. The van der Waals surface area contributed by atoms with Gasteiger partial charge in [0.2, 0.25) is 11.8 Å². The average molecular weight is 476 g/mol. The van der Waals surface area contributed by atoms with Crippen LogP contribution < -0.4 is 0 Å². The zero-order valence-corrected chi connectivity index (χ0v) is 18.7. The summed E-state index contributed by atoms with van der Waals surface area (Å²) in [6.45, 7) is 6.23. The van der Waals surface area contributed by atoms with Gasteiger partial charge in [-0.05, 0) is 41.5 Å². The molecule has 1 amide bonds. The van der Waals surface area contributed by atoms with Gasteiger partial charge in [-0.1, -0.05) is 11.2 Å². The van der Waals surface area contributed by atoms with Crippen molar-refractivity contribution in [2.45, 2.75) is 33.1 Å². The molecule has 0 bridgehead atoms. The lowest BCUT2D eigenvalue weighted by atomic mass is 10.0. The smallest absolute Gasteiger partial charge is 0.340 e. The Labute approximate surface area is 193 Å². The molecule has 1 aliphatic heterocycles. The Bertz CT molecular complexity index is 1180. The molecule has 0 saturated carbocycles. The molecule has 0 radical (unpaired) electrons. The van der Waals surface area contributed by atoms with Gasteiger partial charge < -0.3 is 9.42 Å². The third kappa shape index (κ3) is 5.84. The summed E-state index contributed by atoms with van der Waals surface area (Å²) in [5.74, 6) is 1.30. The minimum absolute atomic E-state index is 0.00709. The highest BCUT2D eigenvalue weighted by Crippen LogP contribution is 2.31. The van der Waals surface area contributed by atoms with Crippen molar-refractivity contribution < 1.29 is 22.5 Å². The molecule has 13 heteroatoms. The Morgan fingerprint density at radius 2 is 1.91 bits per heavy atom. The minimum atomic E-state index is -4.49. The monoisotopic (exact) mass is 476 g/mol. The number of halogens is 3. The van der Waals surface area contributed by atoms with E-state index >= 15 is 0 Å². The normalized spacial score (nSPS) is 15.4. The molecule has 1 aliphatic rings. The van der Waals surface area contributed by atoms with E-state index in [9.17, 15) is 18.0 Å². The van der Waals surface area contributed by atoms with Crippen LogP contribution in [-0.4, -0.2) is 72.2 Å².